The molecular formula is C115H71B2N5. The number of hydrogen-bond acceptors (Lipinski definition) is 2. The highest BCUT2D eigenvalue weighted by molar-refractivity contribution is 7.03. The molecule has 0 fully saturated rings. The molecule has 0 saturated carbocycles. The van der Waals surface area contributed by atoms with Gasteiger partial charge in [-0.25, -0.2) is 0 Å². The highest BCUT2D eigenvalue weighted by atomic mass is 15.2. The summed E-state index contributed by atoms with van der Waals surface area (Å²) in [4.78, 5) is 5.27. The van der Waals surface area contributed by atoms with E-state index in [0.29, 0.717) is 0 Å². The second-order valence-corrected chi connectivity index (χ2v) is 33.5. The first-order valence-electron chi connectivity index (χ1n) is 42.7. The Bertz CT molecular complexity index is 7980. The first-order chi connectivity index (χ1) is 60.6. The maximum absolute atomic E-state index is 2.80. The quantitative estimate of drug-likeness (QED) is 0.114. The topological polar surface area (TPSA) is 21.3 Å². The number of aromatic nitrogens is 3. The first-order valence-corrected chi connectivity index (χ1v) is 42.7. The highest BCUT2D eigenvalue weighted by Crippen LogP contribution is 2.61. The van der Waals surface area contributed by atoms with Crippen molar-refractivity contribution < 1.29 is 0 Å². The fourth-order valence-corrected chi connectivity index (χ4v) is 22.6. The van der Waals surface area contributed by atoms with E-state index in [9.17, 15) is 0 Å². The molecule has 0 N–H and O–H groups in total. The van der Waals surface area contributed by atoms with Crippen molar-refractivity contribution >= 4 is 146 Å². The Hall–Kier alpha value is -15.7. The van der Waals surface area contributed by atoms with Crippen LogP contribution in [0.25, 0.3) is 160 Å². The van der Waals surface area contributed by atoms with Crippen LogP contribution in [0.3, 0.4) is 0 Å². The van der Waals surface area contributed by atoms with E-state index in [4.69, 9.17) is 0 Å². The van der Waals surface area contributed by atoms with Gasteiger partial charge in [0.25, 0.3) is 6.71 Å². The molecule has 5 aliphatic rings. The lowest BCUT2D eigenvalue weighted by Gasteiger charge is -2.40. The van der Waals surface area contributed by atoms with Gasteiger partial charge in [-0.05, 0) is 172 Å². The van der Waals surface area contributed by atoms with E-state index >= 15 is 0 Å². The second kappa shape index (κ2) is 25.9. The van der Waals surface area contributed by atoms with E-state index in [0.717, 1.165) is 45.1 Å². The lowest BCUT2D eigenvalue weighted by atomic mass is 9.29. The minimum absolute atomic E-state index is 0.0608. The SMILES string of the molecule is c1ccc(-c2ccc(N(c3ccc(-c4ccccc4)cc3)c3c4c5c6c7c3c3cccc(-c8ccccc8)c3n7-c3cc7c(cc3B6c3ccccc3C5c3ccccc3-4)B3c4ccccc4-n4c5ccccc5c5c(N(c6ccc(-c8ccccc8)cc6)c6ccc(-c8ccccc8)cc6)c6c8cccc(-c9ccccc9)c8n-7c6c3c54)cc2)cc1. The van der Waals surface area contributed by atoms with Gasteiger partial charge in [0, 0.05) is 94.7 Å². The number of benzene rings is 19. The van der Waals surface area contributed by atoms with Crippen LogP contribution >= 0.6 is 0 Å². The molecule has 0 amide bonds. The normalized spacial score (nSPS) is 13.3. The summed E-state index contributed by atoms with van der Waals surface area (Å²) in [7, 11) is 0. The number of hydrogen-bond donors (Lipinski definition) is 0. The van der Waals surface area contributed by atoms with Crippen LogP contribution in [0.15, 0.2) is 425 Å². The molecule has 1 aliphatic carbocycles. The largest absolute Gasteiger partial charge is 0.310 e. The summed E-state index contributed by atoms with van der Waals surface area (Å²) in [5.74, 6) is -0.0608. The van der Waals surface area contributed by atoms with Gasteiger partial charge in [0.15, 0.2) is 0 Å². The lowest BCUT2D eigenvalue weighted by molar-refractivity contribution is 1.02. The van der Waals surface area contributed by atoms with Gasteiger partial charge in [0.05, 0.1) is 44.5 Å². The van der Waals surface area contributed by atoms with Crippen molar-refractivity contribution in [3.63, 3.8) is 0 Å². The third-order valence-corrected chi connectivity index (χ3v) is 27.5. The van der Waals surface area contributed by atoms with E-state index in [2.05, 4.69) is 448 Å². The molecule has 122 heavy (non-hydrogen) atoms. The number of anilines is 6. The zero-order valence-electron chi connectivity index (χ0n) is 66.4. The fraction of sp³-hybridized carbons (Fsp3) is 0.00870. The van der Waals surface area contributed by atoms with Crippen molar-refractivity contribution in [3.8, 4) is 95.0 Å². The standard InChI is InChI=1S/C115H71B2N5/c1-7-29-71(30-8-1)75-53-61-81(62-54-75)118(82-63-55-76(56-64-82)72-31-9-2-10-32-72)111-102-88-42-20-19-41-87(88)101-89-43-21-23-49-93(89)116-95-69-96-100(70-99(95)121-109-85(79-37-15-5-16-38-79)45-27-47-91(109)104(111)113(121)107(116)106(101)102)122-110-86(80-39-17-6-18-40-80)46-28-48-92(110)105-112(103-90-44-22-25-51-97(90)120-98-52-26-24-50-94(98)117(96)108(114(103)120)115(105)122)119(83-65-57-77(58-66-83)73-33-11-3-12-34-73)84-67-59-78(60-68-84)74-35-13-4-14-36-74/h1-70,101H. The molecular weight excluding hydrogens is 1470 g/mol. The predicted octanol–water partition coefficient (Wildman–Crippen LogP) is 25.4. The van der Waals surface area contributed by atoms with Gasteiger partial charge < -0.3 is 23.5 Å². The summed E-state index contributed by atoms with van der Waals surface area (Å²) in [6.07, 6.45) is 0. The molecule has 22 aromatic rings. The van der Waals surface area contributed by atoms with Crippen LogP contribution in [0.4, 0.5) is 34.1 Å². The molecule has 1 unspecified atom stereocenters. The number of fused-ring (bicyclic) bond motifs is 24. The smallest absolute Gasteiger partial charge is 0.252 e. The highest BCUT2D eigenvalue weighted by Gasteiger charge is 2.52. The first kappa shape index (κ1) is 67.3. The molecule has 5 nitrogen and oxygen atoms in total. The van der Waals surface area contributed by atoms with Crippen LogP contribution in [0.1, 0.15) is 22.6 Å². The van der Waals surface area contributed by atoms with Gasteiger partial charge in [0.1, 0.15) is 0 Å². The van der Waals surface area contributed by atoms with Crippen LogP contribution < -0.4 is 42.6 Å². The number of para-hydroxylation sites is 4. The maximum atomic E-state index is 2.80. The third kappa shape index (κ3) is 9.39. The monoisotopic (exact) mass is 1540 g/mol. The summed E-state index contributed by atoms with van der Waals surface area (Å²) >= 11 is 0. The van der Waals surface area contributed by atoms with Crippen molar-refractivity contribution in [2.75, 3.05) is 9.80 Å². The van der Waals surface area contributed by atoms with Gasteiger partial charge >= 0.3 is 0 Å². The molecule has 27 rings (SSSR count). The third-order valence-electron chi connectivity index (χ3n) is 27.5. The lowest BCUT2D eigenvalue weighted by Crippen LogP contribution is -2.64. The molecule has 562 valence electrons. The van der Waals surface area contributed by atoms with Crippen molar-refractivity contribution in [3.05, 3.63) is 441 Å². The van der Waals surface area contributed by atoms with E-state index in [1.54, 1.807) is 0 Å². The Morgan fingerprint density at radius 1 is 0.221 bits per heavy atom. The second-order valence-electron chi connectivity index (χ2n) is 33.5. The van der Waals surface area contributed by atoms with Crippen LogP contribution in [0.2, 0.25) is 0 Å². The van der Waals surface area contributed by atoms with E-state index in [-0.39, 0.29) is 19.3 Å². The Labute approximate surface area is 706 Å². The molecule has 7 heteroatoms. The van der Waals surface area contributed by atoms with E-state index in [1.807, 2.05) is 0 Å². The average Bonchev–Trinajstić information content (AvgIpc) is 1.47. The average molecular weight is 1540 g/mol. The van der Waals surface area contributed by atoms with Crippen LogP contribution in [-0.2, 0) is 0 Å². The number of rotatable bonds is 12. The molecule has 3 aromatic heterocycles. The zero-order valence-corrected chi connectivity index (χ0v) is 66.4. The van der Waals surface area contributed by atoms with Crippen molar-refractivity contribution in [2.24, 2.45) is 0 Å². The van der Waals surface area contributed by atoms with Crippen LogP contribution in [0.5, 0.6) is 0 Å². The molecule has 1 atom stereocenters. The molecule has 7 heterocycles. The minimum atomic E-state index is -0.218. The number of nitrogens with zero attached hydrogens (tertiary/aromatic N) is 5. The zero-order chi connectivity index (χ0) is 79.5. The Morgan fingerprint density at radius 2 is 0.574 bits per heavy atom. The molecule has 19 aromatic carbocycles. The van der Waals surface area contributed by atoms with Gasteiger partial charge in [-0.15, -0.1) is 0 Å². The van der Waals surface area contributed by atoms with Crippen molar-refractivity contribution in [2.45, 2.75) is 5.92 Å². The summed E-state index contributed by atoms with van der Waals surface area (Å²) in [6, 6.07) is 161. The van der Waals surface area contributed by atoms with Crippen LogP contribution in [0, 0.1) is 0 Å². The van der Waals surface area contributed by atoms with E-state index < -0.39 is 0 Å². The molecule has 0 bridgehead atoms. The maximum Gasteiger partial charge on any atom is 0.252 e. The Kier molecular flexibility index (Phi) is 14.3. The molecule has 4 aliphatic heterocycles. The summed E-state index contributed by atoms with van der Waals surface area (Å²) in [6.45, 7) is -0.404. The molecule has 0 saturated heterocycles. The van der Waals surface area contributed by atoms with Gasteiger partial charge in [-0.3, -0.25) is 0 Å². The molecule has 0 radical (unpaired) electrons. The summed E-state index contributed by atoms with van der Waals surface area (Å²) < 4.78 is 8.25. The van der Waals surface area contributed by atoms with Gasteiger partial charge in [0.2, 0.25) is 6.71 Å². The van der Waals surface area contributed by atoms with Crippen molar-refractivity contribution in [1.29, 1.82) is 0 Å². The Balaban J connectivity index is 0.822. The van der Waals surface area contributed by atoms with Crippen LogP contribution in [-0.4, -0.2) is 27.1 Å². The Morgan fingerprint density at radius 3 is 1.07 bits per heavy atom. The molecule has 0 spiro atoms. The van der Waals surface area contributed by atoms with Gasteiger partial charge in [-0.2, -0.15) is 0 Å². The fourth-order valence-electron chi connectivity index (χ4n) is 22.6. The minimum Gasteiger partial charge on any atom is -0.310 e. The summed E-state index contributed by atoms with van der Waals surface area (Å²) in [5, 5.41) is 7.26. The predicted molar refractivity (Wildman–Crippen MR) is 514 cm³/mol. The summed E-state index contributed by atoms with van der Waals surface area (Å²) in [5.41, 5.74) is 46.1. The van der Waals surface area contributed by atoms with Gasteiger partial charge in [-0.1, -0.05) is 363 Å². The van der Waals surface area contributed by atoms with Crippen molar-refractivity contribution in [1.82, 2.24) is 13.7 Å². The van der Waals surface area contributed by atoms with E-state index in [1.165, 1.54) is 199 Å².